The number of carbonyl (C=O) groups excluding carboxylic acids is 2. The molecule has 0 saturated heterocycles. The van der Waals surface area contributed by atoms with Crippen molar-refractivity contribution in [3.8, 4) is 11.5 Å². The third-order valence-electron chi connectivity index (χ3n) is 3.58. The van der Waals surface area contributed by atoms with Gasteiger partial charge in [0.15, 0.2) is 17.9 Å². The smallest absolute Gasteiger partial charge is 0.416 e. The van der Waals surface area contributed by atoms with Crippen LogP contribution in [0.1, 0.15) is 36.7 Å². The maximum atomic E-state index is 12.8. The molecule has 1 amide bonds. The quantitative estimate of drug-likeness (QED) is 0.717. The lowest BCUT2D eigenvalue weighted by Gasteiger charge is -2.27. The van der Waals surface area contributed by atoms with Gasteiger partial charge in [0.05, 0.1) is 20.8 Å². The molecule has 27 heavy (non-hydrogen) atoms. The lowest BCUT2D eigenvalue weighted by Crippen LogP contribution is -2.37. The fourth-order valence-corrected chi connectivity index (χ4v) is 2.33. The van der Waals surface area contributed by atoms with Gasteiger partial charge in [-0.3, -0.25) is 9.69 Å². The minimum atomic E-state index is -0.675. The first-order chi connectivity index (χ1) is 12.8. The van der Waals surface area contributed by atoms with Crippen LogP contribution in [0.25, 0.3) is 0 Å². The van der Waals surface area contributed by atoms with Gasteiger partial charge in [0, 0.05) is 11.8 Å². The Morgan fingerprint density at radius 1 is 1.15 bits per heavy atom. The molecule has 0 bridgehead atoms. The van der Waals surface area contributed by atoms with E-state index in [4.69, 9.17) is 14.2 Å². The summed E-state index contributed by atoms with van der Waals surface area (Å²) in [6.45, 7) is 5.58. The lowest BCUT2D eigenvalue weighted by molar-refractivity contribution is 0.0575. The van der Waals surface area contributed by atoms with Crippen LogP contribution in [0, 0.1) is 0 Å². The van der Waals surface area contributed by atoms with Crippen molar-refractivity contribution >= 4 is 18.2 Å². The van der Waals surface area contributed by atoms with E-state index in [9.17, 15) is 9.59 Å². The molecule has 144 valence electrons. The molecule has 0 N–H and O–H groups in total. The number of carbonyl (C=O) groups is 2. The largest absolute Gasteiger partial charge is 0.497 e. The predicted octanol–water partition coefficient (Wildman–Crippen LogP) is 3.85. The zero-order chi connectivity index (χ0) is 20.0. The topological polar surface area (TPSA) is 78.0 Å². The summed E-state index contributed by atoms with van der Waals surface area (Å²) in [6.07, 6.45) is 1.49. The molecule has 0 fully saturated rings. The number of ether oxygens (including phenoxy) is 3. The molecule has 7 heteroatoms. The molecule has 2 rings (SSSR count). The van der Waals surface area contributed by atoms with Gasteiger partial charge in [-0.05, 0) is 44.5 Å². The van der Waals surface area contributed by atoms with Crippen LogP contribution >= 0.6 is 0 Å². The number of benzene rings is 1. The summed E-state index contributed by atoms with van der Waals surface area (Å²) in [5.74, 6) is 1.29. The van der Waals surface area contributed by atoms with Crippen LogP contribution in [-0.4, -0.2) is 37.2 Å². The molecular formula is C20H24N2O5. The van der Waals surface area contributed by atoms with Crippen LogP contribution in [0.15, 0.2) is 36.5 Å². The number of rotatable bonds is 6. The van der Waals surface area contributed by atoms with Gasteiger partial charge >= 0.3 is 6.09 Å². The number of pyridine rings is 1. The summed E-state index contributed by atoms with van der Waals surface area (Å²) in [4.78, 5) is 29.5. The average molecular weight is 372 g/mol. The highest BCUT2D eigenvalue weighted by atomic mass is 16.6. The summed E-state index contributed by atoms with van der Waals surface area (Å²) in [7, 11) is 3.04. The van der Waals surface area contributed by atoms with Gasteiger partial charge in [0.25, 0.3) is 0 Å². The first-order valence-corrected chi connectivity index (χ1v) is 8.40. The molecule has 7 nitrogen and oxygen atoms in total. The highest BCUT2D eigenvalue weighted by molar-refractivity contribution is 5.89. The van der Waals surface area contributed by atoms with Gasteiger partial charge in [-0.2, -0.15) is 0 Å². The number of aromatic nitrogens is 1. The Morgan fingerprint density at radius 3 is 2.33 bits per heavy atom. The zero-order valence-electron chi connectivity index (χ0n) is 16.2. The second-order valence-corrected chi connectivity index (χ2v) is 6.83. The molecule has 1 aromatic heterocycles. The molecule has 1 heterocycles. The van der Waals surface area contributed by atoms with Gasteiger partial charge < -0.3 is 14.2 Å². The number of aldehydes is 1. The Hall–Kier alpha value is -3.09. The van der Waals surface area contributed by atoms with Crippen molar-refractivity contribution in [2.24, 2.45) is 0 Å². The van der Waals surface area contributed by atoms with Crippen molar-refractivity contribution in [2.45, 2.75) is 32.9 Å². The lowest BCUT2D eigenvalue weighted by atomic mass is 10.2. The number of amides is 1. The van der Waals surface area contributed by atoms with Crippen LogP contribution in [-0.2, 0) is 11.3 Å². The van der Waals surface area contributed by atoms with Crippen molar-refractivity contribution in [1.29, 1.82) is 0 Å². The Bertz CT molecular complexity index is 797. The molecule has 0 aliphatic rings. The van der Waals surface area contributed by atoms with Crippen LogP contribution < -0.4 is 14.4 Å². The van der Waals surface area contributed by atoms with Crippen molar-refractivity contribution in [1.82, 2.24) is 4.98 Å². The fourth-order valence-electron chi connectivity index (χ4n) is 2.33. The number of nitrogens with zero attached hydrogens (tertiary/aromatic N) is 2. The highest BCUT2D eigenvalue weighted by Crippen LogP contribution is 2.29. The SMILES string of the molecule is COc1ccc(CN(C(=O)OC(C)(C)C)c2ncc(C=O)cc2OC)cc1. The molecule has 2 aromatic rings. The summed E-state index contributed by atoms with van der Waals surface area (Å²) in [5.41, 5.74) is 0.528. The van der Waals surface area contributed by atoms with E-state index in [0.717, 1.165) is 5.56 Å². The van der Waals surface area contributed by atoms with Gasteiger partial charge in [0.1, 0.15) is 11.4 Å². The van der Waals surface area contributed by atoms with E-state index < -0.39 is 11.7 Å². The fraction of sp³-hybridized carbons (Fsp3) is 0.350. The van der Waals surface area contributed by atoms with E-state index in [1.807, 2.05) is 24.3 Å². The summed E-state index contributed by atoms with van der Waals surface area (Å²) < 4.78 is 16.0. The van der Waals surface area contributed by atoms with E-state index in [-0.39, 0.29) is 12.4 Å². The number of hydrogen-bond donors (Lipinski definition) is 0. The molecule has 0 saturated carbocycles. The van der Waals surface area contributed by atoms with Crippen molar-refractivity contribution in [2.75, 3.05) is 19.1 Å². The Kier molecular flexibility index (Phi) is 6.39. The number of methoxy groups -OCH3 is 2. The Morgan fingerprint density at radius 2 is 1.81 bits per heavy atom. The second kappa shape index (κ2) is 8.53. The Balaban J connectivity index is 2.42. The third-order valence-corrected chi connectivity index (χ3v) is 3.58. The van der Waals surface area contributed by atoms with Crippen LogP contribution in [0.5, 0.6) is 11.5 Å². The average Bonchev–Trinajstić information content (AvgIpc) is 2.64. The zero-order valence-corrected chi connectivity index (χ0v) is 16.2. The monoisotopic (exact) mass is 372 g/mol. The molecule has 0 unspecified atom stereocenters. The molecular weight excluding hydrogens is 348 g/mol. The second-order valence-electron chi connectivity index (χ2n) is 6.83. The van der Waals surface area contributed by atoms with E-state index in [1.54, 1.807) is 27.9 Å². The number of anilines is 1. The third kappa shape index (κ3) is 5.44. The molecule has 0 aliphatic carbocycles. The van der Waals surface area contributed by atoms with Crippen LogP contribution in [0.3, 0.4) is 0 Å². The van der Waals surface area contributed by atoms with Gasteiger partial charge in [-0.15, -0.1) is 0 Å². The van der Waals surface area contributed by atoms with E-state index >= 15 is 0 Å². The number of hydrogen-bond acceptors (Lipinski definition) is 6. The summed E-state index contributed by atoms with van der Waals surface area (Å²) in [6, 6.07) is 8.84. The van der Waals surface area contributed by atoms with Gasteiger partial charge in [-0.25, -0.2) is 9.78 Å². The molecule has 1 aromatic carbocycles. The van der Waals surface area contributed by atoms with Gasteiger partial charge in [0.2, 0.25) is 0 Å². The van der Waals surface area contributed by atoms with Crippen LogP contribution in [0.2, 0.25) is 0 Å². The first-order valence-electron chi connectivity index (χ1n) is 8.40. The van der Waals surface area contributed by atoms with Crippen LogP contribution in [0.4, 0.5) is 10.6 Å². The molecule has 0 radical (unpaired) electrons. The predicted molar refractivity (Wildman–Crippen MR) is 102 cm³/mol. The van der Waals surface area contributed by atoms with E-state index in [2.05, 4.69) is 4.98 Å². The van der Waals surface area contributed by atoms with Crippen molar-refractivity contribution < 1.29 is 23.8 Å². The first kappa shape index (κ1) is 20.2. The molecule has 0 atom stereocenters. The van der Waals surface area contributed by atoms with Gasteiger partial charge in [-0.1, -0.05) is 12.1 Å². The minimum absolute atomic E-state index is 0.211. The normalized spacial score (nSPS) is 10.9. The molecule has 0 aliphatic heterocycles. The summed E-state index contributed by atoms with van der Waals surface area (Å²) >= 11 is 0. The maximum absolute atomic E-state index is 12.8. The van der Waals surface area contributed by atoms with Crippen molar-refractivity contribution in [3.63, 3.8) is 0 Å². The molecule has 0 spiro atoms. The highest BCUT2D eigenvalue weighted by Gasteiger charge is 2.27. The standard InChI is InChI=1S/C20H24N2O5/c1-20(2,3)27-19(24)22(12-14-6-8-16(25-4)9-7-14)18-17(26-5)10-15(13-23)11-21-18/h6-11,13H,12H2,1-5H3. The minimum Gasteiger partial charge on any atom is -0.497 e. The van der Waals surface area contributed by atoms with E-state index in [1.165, 1.54) is 24.3 Å². The Labute approximate surface area is 158 Å². The van der Waals surface area contributed by atoms with Crippen molar-refractivity contribution in [3.05, 3.63) is 47.7 Å². The summed E-state index contributed by atoms with van der Waals surface area (Å²) in [5, 5.41) is 0. The maximum Gasteiger partial charge on any atom is 0.416 e. The van der Waals surface area contributed by atoms with E-state index in [0.29, 0.717) is 23.3 Å².